The first kappa shape index (κ1) is 23.5. The zero-order valence-electron chi connectivity index (χ0n) is 18.2. The van der Waals surface area contributed by atoms with Crippen LogP contribution in [0.2, 0.25) is 0 Å². The van der Waals surface area contributed by atoms with Gasteiger partial charge in [-0.25, -0.2) is 4.98 Å². The standard InChI is InChI=1S/C23H23N5O5S/c29-21(25-26-22(30)17-8-4-9-18(12-17)28(31)32)15-34-23-24-13-20(16-6-2-1-3-7-16)27(23)14-19-10-5-11-33-19/h1-4,6-9,12-13,19H,5,10-11,14-15H2,(H,25,29)(H,26,30). The van der Waals surface area contributed by atoms with Crippen molar-refractivity contribution in [2.45, 2.75) is 30.6 Å². The highest BCUT2D eigenvalue weighted by molar-refractivity contribution is 7.99. The first-order chi connectivity index (χ1) is 16.5. The molecule has 1 aliphatic rings. The van der Waals surface area contributed by atoms with Gasteiger partial charge in [0.05, 0.1) is 35.2 Å². The molecule has 1 saturated heterocycles. The van der Waals surface area contributed by atoms with Crippen LogP contribution in [-0.2, 0) is 16.1 Å². The van der Waals surface area contributed by atoms with Crippen LogP contribution in [0.25, 0.3) is 11.3 Å². The fourth-order valence-electron chi connectivity index (χ4n) is 3.61. The number of benzene rings is 2. The van der Waals surface area contributed by atoms with E-state index in [1.807, 2.05) is 30.3 Å². The minimum absolute atomic E-state index is 0.0198. The summed E-state index contributed by atoms with van der Waals surface area (Å²) in [6.07, 6.45) is 3.88. The maximum Gasteiger partial charge on any atom is 0.270 e. The number of thioether (sulfide) groups is 1. The van der Waals surface area contributed by atoms with Crippen LogP contribution in [-0.4, -0.2) is 44.8 Å². The highest BCUT2D eigenvalue weighted by Crippen LogP contribution is 2.28. The summed E-state index contributed by atoms with van der Waals surface area (Å²) >= 11 is 1.25. The maximum absolute atomic E-state index is 12.3. The number of amides is 2. The predicted molar refractivity (Wildman–Crippen MR) is 126 cm³/mol. The van der Waals surface area contributed by atoms with Gasteiger partial charge in [-0.2, -0.15) is 0 Å². The molecular formula is C23H23N5O5S. The van der Waals surface area contributed by atoms with Crippen LogP contribution in [0.4, 0.5) is 5.69 Å². The van der Waals surface area contributed by atoms with Crippen LogP contribution in [0.5, 0.6) is 0 Å². The van der Waals surface area contributed by atoms with Gasteiger partial charge in [-0.3, -0.25) is 30.6 Å². The topological polar surface area (TPSA) is 128 Å². The fraction of sp³-hybridized carbons (Fsp3) is 0.261. The number of rotatable bonds is 8. The van der Waals surface area contributed by atoms with Gasteiger partial charge in [0.25, 0.3) is 11.6 Å². The van der Waals surface area contributed by atoms with Crippen molar-refractivity contribution in [2.24, 2.45) is 0 Å². The number of hydrogen-bond donors (Lipinski definition) is 2. The molecule has 0 spiro atoms. The Balaban J connectivity index is 1.38. The van der Waals surface area contributed by atoms with Crippen LogP contribution in [0.15, 0.2) is 66.0 Å². The summed E-state index contributed by atoms with van der Waals surface area (Å²) in [5.41, 5.74) is 6.45. The van der Waals surface area contributed by atoms with E-state index >= 15 is 0 Å². The van der Waals surface area contributed by atoms with Gasteiger partial charge in [0.2, 0.25) is 5.91 Å². The third kappa shape index (κ3) is 5.80. The zero-order valence-corrected chi connectivity index (χ0v) is 19.0. The zero-order chi connectivity index (χ0) is 23.9. The molecule has 1 atom stereocenters. The Hall–Kier alpha value is -3.70. The van der Waals surface area contributed by atoms with Crippen LogP contribution in [0.1, 0.15) is 23.2 Å². The van der Waals surface area contributed by atoms with Crippen molar-refractivity contribution in [3.8, 4) is 11.3 Å². The number of nitrogens with one attached hydrogen (secondary N) is 2. The van der Waals surface area contributed by atoms with Crippen molar-refractivity contribution in [1.29, 1.82) is 0 Å². The Bertz CT molecular complexity index is 1180. The van der Waals surface area contributed by atoms with Gasteiger partial charge >= 0.3 is 0 Å². The number of nitrogens with zero attached hydrogens (tertiary/aromatic N) is 3. The third-order valence-electron chi connectivity index (χ3n) is 5.27. The summed E-state index contributed by atoms with van der Waals surface area (Å²) in [4.78, 5) is 39.4. The Morgan fingerprint density at radius 2 is 2.00 bits per heavy atom. The van der Waals surface area contributed by atoms with Gasteiger partial charge in [-0.05, 0) is 24.5 Å². The molecule has 2 amide bonds. The summed E-state index contributed by atoms with van der Waals surface area (Å²) in [5.74, 6) is -1.06. The number of carbonyl (C=O) groups excluding carboxylic acids is 2. The maximum atomic E-state index is 12.3. The van der Waals surface area contributed by atoms with Crippen molar-refractivity contribution in [1.82, 2.24) is 20.4 Å². The van der Waals surface area contributed by atoms with Gasteiger partial charge in [0.1, 0.15) is 0 Å². The van der Waals surface area contributed by atoms with E-state index in [2.05, 4.69) is 20.4 Å². The lowest BCUT2D eigenvalue weighted by atomic mass is 10.1. The van der Waals surface area contributed by atoms with Crippen LogP contribution in [0, 0.1) is 10.1 Å². The van der Waals surface area contributed by atoms with E-state index in [0.717, 1.165) is 36.8 Å². The number of aromatic nitrogens is 2. The summed E-state index contributed by atoms with van der Waals surface area (Å²) in [6.45, 7) is 1.38. The Labute approximate surface area is 199 Å². The van der Waals surface area contributed by atoms with Crippen molar-refractivity contribution < 1.29 is 19.2 Å². The molecule has 1 aliphatic heterocycles. The number of non-ortho nitro benzene ring substituents is 1. The second-order valence-electron chi connectivity index (χ2n) is 7.64. The van der Waals surface area contributed by atoms with Crippen molar-refractivity contribution in [2.75, 3.05) is 12.4 Å². The largest absolute Gasteiger partial charge is 0.376 e. The molecule has 2 aromatic carbocycles. The van der Waals surface area contributed by atoms with Crippen molar-refractivity contribution in [3.63, 3.8) is 0 Å². The van der Waals surface area contributed by atoms with Gasteiger partial charge in [-0.1, -0.05) is 48.2 Å². The molecule has 0 saturated carbocycles. The Morgan fingerprint density at radius 3 is 2.74 bits per heavy atom. The minimum atomic E-state index is -0.645. The van der Waals surface area contributed by atoms with E-state index in [4.69, 9.17) is 4.74 Å². The highest BCUT2D eigenvalue weighted by Gasteiger charge is 2.21. The van der Waals surface area contributed by atoms with E-state index in [1.54, 1.807) is 6.20 Å². The molecule has 1 unspecified atom stereocenters. The van der Waals surface area contributed by atoms with Gasteiger partial charge in [0.15, 0.2) is 5.16 Å². The van der Waals surface area contributed by atoms with Crippen LogP contribution >= 0.6 is 11.8 Å². The number of hydrogen-bond acceptors (Lipinski definition) is 7. The molecule has 0 radical (unpaired) electrons. The molecule has 176 valence electrons. The number of carbonyl (C=O) groups is 2. The van der Waals surface area contributed by atoms with Gasteiger partial charge < -0.3 is 9.30 Å². The lowest BCUT2D eigenvalue weighted by Gasteiger charge is -2.16. The fourth-order valence-corrected chi connectivity index (χ4v) is 4.40. The summed E-state index contributed by atoms with van der Waals surface area (Å²) < 4.78 is 7.86. The summed E-state index contributed by atoms with van der Waals surface area (Å²) in [7, 11) is 0. The Morgan fingerprint density at radius 1 is 1.18 bits per heavy atom. The quantitative estimate of drug-likeness (QED) is 0.287. The van der Waals surface area contributed by atoms with E-state index in [9.17, 15) is 19.7 Å². The number of ether oxygens (including phenoxy) is 1. The molecule has 11 heteroatoms. The van der Waals surface area contributed by atoms with E-state index < -0.39 is 16.7 Å². The third-order valence-corrected chi connectivity index (χ3v) is 6.26. The molecule has 4 rings (SSSR count). The smallest absolute Gasteiger partial charge is 0.270 e. The predicted octanol–water partition coefficient (Wildman–Crippen LogP) is 3.19. The average molecular weight is 482 g/mol. The molecule has 10 nitrogen and oxygen atoms in total. The van der Waals surface area contributed by atoms with Crippen LogP contribution < -0.4 is 10.9 Å². The molecule has 1 aromatic heterocycles. The summed E-state index contributed by atoms with van der Waals surface area (Å²) in [6, 6.07) is 15.1. The van der Waals surface area contributed by atoms with E-state index in [1.165, 1.54) is 30.0 Å². The monoisotopic (exact) mass is 481 g/mol. The lowest BCUT2D eigenvalue weighted by molar-refractivity contribution is -0.384. The molecule has 0 aliphatic carbocycles. The number of imidazole rings is 1. The SMILES string of the molecule is O=C(CSc1ncc(-c2ccccc2)n1CC1CCCO1)NNC(=O)c1cccc([N+](=O)[O-])c1. The highest BCUT2D eigenvalue weighted by atomic mass is 32.2. The second kappa shape index (κ2) is 10.9. The molecule has 3 aromatic rings. The Kier molecular flexibility index (Phi) is 7.55. The minimum Gasteiger partial charge on any atom is -0.376 e. The number of nitro benzene ring substituents is 1. The number of hydrazine groups is 1. The van der Waals surface area contributed by atoms with Crippen LogP contribution in [0.3, 0.4) is 0 Å². The first-order valence-corrected chi connectivity index (χ1v) is 11.7. The molecule has 34 heavy (non-hydrogen) atoms. The van der Waals surface area contributed by atoms with Crippen molar-refractivity contribution in [3.05, 3.63) is 76.5 Å². The normalized spacial score (nSPS) is 15.1. The molecule has 0 bridgehead atoms. The van der Waals surface area contributed by atoms with E-state index in [-0.39, 0.29) is 23.1 Å². The second-order valence-corrected chi connectivity index (χ2v) is 8.58. The average Bonchev–Trinajstić information content (AvgIpc) is 3.52. The molecule has 2 N–H and O–H groups in total. The number of nitro groups is 1. The van der Waals surface area contributed by atoms with Gasteiger partial charge in [-0.15, -0.1) is 0 Å². The van der Waals surface area contributed by atoms with E-state index in [0.29, 0.717) is 11.7 Å². The molecular weight excluding hydrogens is 458 g/mol. The van der Waals surface area contributed by atoms with Crippen molar-refractivity contribution >= 4 is 29.3 Å². The summed E-state index contributed by atoms with van der Waals surface area (Å²) in [5, 5.41) is 11.6. The molecule has 2 heterocycles. The van der Waals surface area contributed by atoms with Gasteiger partial charge in [0, 0.05) is 24.3 Å². The lowest BCUT2D eigenvalue weighted by Crippen LogP contribution is -2.42. The molecule has 1 fully saturated rings. The first-order valence-electron chi connectivity index (χ1n) is 10.7.